The van der Waals surface area contributed by atoms with Gasteiger partial charge in [0.2, 0.25) is 0 Å². The normalized spacial score (nSPS) is 11.1. The second kappa shape index (κ2) is 7.63. The van der Waals surface area contributed by atoms with Crippen molar-refractivity contribution in [1.82, 2.24) is 9.78 Å². The molecule has 0 radical (unpaired) electrons. The van der Waals surface area contributed by atoms with Crippen molar-refractivity contribution < 1.29 is 23.4 Å². The molecule has 0 atom stereocenters. The van der Waals surface area contributed by atoms with Crippen LogP contribution in [0.25, 0.3) is 0 Å². The summed E-state index contributed by atoms with van der Waals surface area (Å²) in [5.74, 6) is -1.40. The van der Waals surface area contributed by atoms with Crippen LogP contribution in [0, 0.1) is 11.6 Å². The molecule has 9 heteroatoms. The number of aromatic nitrogens is 2. The Morgan fingerprint density at radius 1 is 1.38 bits per heavy atom. The molecule has 3 N–H and O–H groups in total. The topological polar surface area (TPSA) is 90.4 Å². The Balaban J connectivity index is 2.43. The number of aliphatic hydroxyl groups is 1. The van der Waals surface area contributed by atoms with Gasteiger partial charge in [-0.1, -0.05) is 11.8 Å². The summed E-state index contributed by atoms with van der Waals surface area (Å²) in [5, 5.41) is 14.5. The van der Waals surface area contributed by atoms with Crippen molar-refractivity contribution in [3.8, 4) is 0 Å². The van der Waals surface area contributed by atoms with Crippen LogP contribution in [0.4, 0.5) is 13.6 Å². The third-order valence-electron chi connectivity index (χ3n) is 3.09. The highest BCUT2D eigenvalue weighted by Crippen LogP contribution is 2.35. The molecular weight excluding hydrogens is 340 g/mol. The predicted octanol–water partition coefficient (Wildman–Crippen LogP) is 2.98. The van der Waals surface area contributed by atoms with Crippen molar-refractivity contribution in [3.05, 3.63) is 41.1 Å². The summed E-state index contributed by atoms with van der Waals surface area (Å²) in [6.07, 6.45) is -0.959. The minimum absolute atomic E-state index is 0.0847. The first-order valence-electron chi connectivity index (χ1n) is 7.09. The van der Waals surface area contributed by atoms with E-state index in [2.05, 4.69) is 5.10 Å². The maximum atomic E-state index is 13.4. The number of amides is 1. The lowest BCUT2D eigenvalue weighted by Crippen LogP contribution is -2.13. The van der Waals surface area contributed by atoms with Gasteiger partial charge in [0, 0.05) is 22.6 Å². The predicted molar refractivity (Wildman–Crippen MR) is 83.4 cm³/mol. The minimum atomic E-state index is -0.959. The maximum Gasteiger partial charge on any atom is 0.404 e. The summed E-state index contributed by atoms with van der Waals surface area (Å²) < 4.78 is 33.1. The molecule has 1 aromatic carbocycles. The number of nitrogens with two attached hydrogens (primary N) is 1. The number of nitrogens with zero attached hydrogens (tertiary/aromatic N) is 2. The molecule has 0 unspecified atom stereocenters. The molecule has 1 amide bonds. The van der Waals surface area contributed by atoms with Gasteiger partial charge < -0.3 is 15.6 Å². The molecule has 0 saturated heterocycles. The standard InChI is InChI=1S/C15H17F2N3O3S/c1-8(2)20-14(24-11-4-9(16)3-10(17)5-11)12(6-21)13(19-20)7-23-15(18)22/h3-5,8,21H,6-7H2,1-2H3,(H2,18,22). The van der Waals surface area contributed by atoms with E-state index in [4.69, 9.17) is 10.5 Å². The second-order valence-corrected chi connectivity index (χ2v) is 6.30. The average molecular weight is 357 g/mol. The number of hydrogen-bond acceptors (Lipinski definition) is 5. The molecule has 0 aliphatic carbocycles. The molecule has 0 saturated carbocycles. The number of benzene rings is 1. The van der Waals surface area contributed by atoms with Crippen LogP contribution in [0.1, 0.15) is 31.1 Å². The van der Waals surface area contributed by atoms with Gasteiger partial charge in [-0.05, 0) is 26.0 Å². The fraction of sp³-hybridized carbons (Fsp3) is 0.333. The van der Waals surface area contributed by atoms with Crippen molar-refractivity contribution in [2.24, 2.45) is 5.73 Å². The van der Waals surface area contributed by atoms with Crippen LogP contribution in [0.15, 0.2) is 28.1 Å². The minimum Gasteiger partial charge on any atom is -0.443 e. The molecule has 24 heavy (non-hydrogen) atoms. The van der Waals surface area contributed by atoms with E-state index in [9.17, 15) is 18.7 Å². The zero-order valence-corrected chi connectivity index (χ0v) is 13.9. The zero-order chi connectivity index (χ0) is 17.9. The highest BCUT2D eigenvalue weighted by atomic mass is 32.2. The van der Waals surface area contributed by atoms with E-state index in [1.165, 1.54) is 12.1 Å². The number of hydrogen-bond donors (Lipinski definition) is 2. The number of carbonyl (C=O) groups is 1. The van der Waals surface area contributed by atoms with Gasteiger partial charge in [-0.25, -0.2) is 13.6 Å². The first kappa shape index (κ1) is 18.2. The van der Waals surface area contributed by atoms with E-state index in [0.717, 1.165) is 17.8 Å². The maximum absolute atomic E-state index is 13.4. The van der Waals surface area contributed by atoms with Crippen LogP contribution < -0.4 is 5.73 Å². The van der Waals surface area contributed by atoms with Gasteiger partial charge in [-0.2, -0.15) is 5.10 Å². The fourth-order valence-corrected chi connectivity index (χ4v) is 3.29. The molecule has 1 aromatic heterocycles. The molecule has 1 heterocycles. The lowest BCUT2D eigenvalue weighted by molar-refractivity contribution is 0.147. The molecule has 0 bridgehead atoms. The van der Waals surface area contributed by atoms with E-state index >= 15 is 0 Å². The lowest BCUT2D eigenvalue weighted by atomic mass is 10.3. The van der Waals surface area contributed by atoms with Crippen LogP contribution in [0.2, 0.25) is 0 Å². The van der Waals surface area contributed by atoms with Gasteiger partial charge in [0.25, 0.3) is 0 Å². The molecular formula is C15H17F2N3O3S. The fourth-order valence-electron chi connectivity index (χ4n) is 2.07. The van der Waals surface area contributed by atoms with Gasteiger partial charge in [-0.3, -0.25) is 4.68 Å². The number of primary amides is 1. The third kappa shape index (κ3) is 4.24. The average Bonchev–Trinajstić information content (AvgIpc) is 2.81. The van der Waals surface area contributed by atoms with Gasteiger partial charge in [0.05, 0.1) is 6.61 Å². The SMILES string of the molecule is CC(C)n1nc(COC(N)=O)c(CO)c1Sc1cc(F)cc(F)c1. The van der Waals surface area contributed by atoms with Crippen molar-refractivity contribution in [2.45, 2.75) is 43.0 Å². The molecule has 0 aliphatic heterocycles. The highest BCUT2D eigenvalue weighted by Gasteiger charge is 2.21. The zero-order valence-electron chi connectivity index (χ0n) is 13.1. The van der Waals surface area contributed by atoms with E-state index in [1.54, 1.807) is 4.68 Å². The van der Waals surface area contributed by atoms with Gasteiger partial charge in [0.1, 0.15) is 29.0 Å². The Morgan fingerprint density at radius 3 is 2.50 bits per heavy atom. The van der Waals surface area contributed by atoms with E-state index in [0.29, 0.717) is 21.2 Å². The second-order valence-electron chi connectivity index (χ2n) is 5.24. The summed E-state index contributed by atoms with van der Waals surface area (Å²) in [5.41, 5.74) is 5.70. The molecule has 130 valence electrons. The van der Waals surface area contributed by atoms with Crippen LogP contribution in [-0.2, 0) is 18.0 Å². The highest BCUT2D eigenvalue weighted by molar-refractivity contribution is 7.99. The van der Waals surface area contributed by atoms with Gasteiger partial charge >= 0.3 is 6.09 Å². The number of rotatable bonds is 6. The van der Waals surface area contributed by atoms with Crippen molar-refractivity contribution in [2.75, 3.05) is 0 Å². The molecule has 2 aromatic rings. The number of carbonyl (C=O) groups excluding carboxylic acids is 1. The van der Waals surface area contributed by atoms with Gasteiger partial charge in [0.15, 0.2) is 0 Å². The summed E-state index contributed by atoms with van der Waals surface area (Å²) >= 11 is 1.07. The lowest BCUT2D eigenvalue weighted by Gasteiger charge is -2.11. The van der Waals surface area contributed by atoms with E-state index < -0.39 is 17.7 Å². The van der Waals surface area contributed by atoms with Crippen molar-refractivity contribution in [1.29, 1.82) is 0 Å². The molecule has 0 spiro atoms. The monoisotopic (exact) mass is 357 g/mol. The van der Waals surface area contributed by atoms with Crippen LogP contribution in [0.3, 0.4) is 0 Å². The molecule has 2 rings (SSSR count). The Morgan fingerprint density at radius 2 is 2.00 bits per heavy atom. The molecule has 6 nitrogen and oxygen atoms in total. The number of aliphatic hydroxyl groups excluding tert-OH is 1. The van der Waals surface area contributed by atoms with Crippen LogP contribution in [0.5, 0.6) is 0 Å². The third-order valence-corrected chi connectivity index (χ3v) is 4.19. The van der Waals surface area contributed by atoms with E-state index in [1.807, 2.05) is 13.8 Å². The molecule has 0 aliphatic rings. The Labute approximate surface area is 141 Å². The smallest absolute Gasteiger partial charge is 0.404 e. The molecule has 0 fully saturated rings. The van der Waals surface area contributed by atoms with Gasteiger partial charge in [-0.15, -0.1) is 0 Å². The summed E-state index contributed by atoms with van der Waals surface area (Å²) in [6, 6.07) is 3.07. The van der Waals surface area contributed by atoms with Crippen molar-refractivity contribution in [3.63, 3.8) is 0 Å². The van der Waals surface area contributed by atoms with E-state index in [-0.39, 0.29) is 19.3 Å². The Kier molecular flexibility index (Phi) is 5.79. The first-order valence-corrected chi connectivity index (χ1v) is 7.90. The number of halogens is 2. The van der Waals surface area contributed by atoms with Crippen LogP contribution >= 0.6 is 11.8 Å². The van der Waals surface area contributed by atoms with Crippen molar-refractivity contribution >= 4 is 17.9 Å². The summed E-state index contributed by atoms with van der Waals surface area (Å²) in [6.45, 7) is 3.16. The quantitative estimate of drug-likeness (QED) is 0.829. The van der Waals surface area contributed by atoms with Crippen LogP contribution in [-0.4, -0.2) is 21.0 Å². The summed E-state index contributed by atoms with van der Waals surface area (Å²) in [4.78, 5) is 11.1. The largest absolute Gasteiger partial charge is 0.443 e. The summed E-state index contributed by atoms with van der Waals surface area (Å²) in [7, 11) is 0. The first-order chi connectivity index (χ1) is 11.3. The Hall–Kier alpha value is -2.13. The number of ether oxygens (including phenoxy) is 1. The Bertz CT molecular complexity index is 730.